The zero-order valence-corrected chi connectivity index (χ0v) is 9.90. The summed E-state index contributed by atoms with van der Waals surface area (Å²) in [6.07, 6.45) is -4.97. The van der Waals surface area contributed by atoms with Crippen LogP contribution in [0.1, 0.15) is 24.3 Å². The van der Waals surface area contributed by atoms with Crippen LogP contribution in [0.3, 0.4) is 0 Å². The Bertz CT molecular complexity index is 351. The molecule has 1 amide bonds. The minimum absolute atomic E-state index is 0.310. The summed E-state index contributed by atoms with van der Waals surface area (Å²) in [4.78, 5) is 12.0. The van der Waals surface area contributed by atoms with Crippen molar-refractivity contribution in [2.75, 3.05) is 6.61 Å². The van der Waals surface area contributed by atoms with Crippen molar-refractivity contribution >= 4 is 17.4 Å². The number of thiophene rings is 1. The molecular weight excluding hydrogens is 255 g/mol. The highest BCUT2D eigenvalue weighted by Crippen LogP contribution is 2.22. The third-order valence-electron chi connectivity index (χ3n) is 1.95. The lowest BCUT2D eigenvalue weighted by Gasteiger charge is -2.15. The van der Waals surface area contributed by atoms with Gasteiger partial charge in [0.15, 0.2) is 6.61 Å². The van der Waals surface area contributed by atoms with E-state index in [1.165, 1.54) is 11.3 Å². The van der Waals surface area contributed by atoms with Crippen LogP contribution < -0.4 is 5.32 Å². The van der Waals surface area contributed by atoms with E-state index in [1.807, 2.05) is 24.4 Å². The topological polar surface area (TPSA) is 38.3 Å². The first-order valence-electron chi connectivity index (χ1n) is 4.96. The minimum atomic E-state index is -4.50. The summed E-state index contributed by atoms with van der Waals surface area (Å²) in [5.74, 6) is 0. The Hall–Kier alpha value is -1.24. The van der Waals surface area contributed by atoms with Crippen LogP contribution >= 0.6 is 11.3 Å². The van der Waals surface area contributed by atoms with Crippen molar-refractivity contribution < 1.29 is 22.7 Å². The number of hydrogen-bond donors (Lipinski definition) is 1. The molecule has 7 heteroatoms. The van der Waals surface area contributed by atoms with Crippen molar-refractivity contribution in [3.05, 3.63) is 22.4 Å². The maximum Gasteiger partial charge on any atom is 0.422 e. The van der Waals surface area contributed by atoms with Gasteiger partial charge in [-0.25, -0.2) is 4.79 Å². The van der Waals surface area contributed by atoms with Gasteiger partial charge in [0, 0.05) is 4.88 Å². The summed E-state index contributed by atoms with van der Waals surface area (Å²) in [5, 5.41) is 4.22. The monoisotopic (exact) mass is 267 g/mol. The lowest BCUT2D eigenvalue weighted by Crippen LogP contribution is -2.31. The number of alkyl carbamates (subject to hydrolysis) is 1. The van der Waals surface area contributed by atoms with Gasteiger partial charge in [0.05, 0.1) is 6.04 Å². The molecule has 0 spiro atoms. The van der Waals surface area contributed by atoms with E-state index in [2.05, 4.69) is 10.1 Å². The van der Waals surface area contributed by atoms with E-state index in [9.17, 15) is 18.0 Å². The zero-order chi connectivity index (χ0) is 12.9. The molecule has 0 fully saturated rings. The molecule has 0 aromatic carbocycles. The normalized spacial score (nSPS) is 13.2. The molecule has 0 radical (unpaired) electrons. The fourth-order valence-electron chi connectivity index (χ4n) is 1.20. The first-order chi connectivity index (χ1) is 7.92. The predicted octanol–water partition coefficient (Wildman–Crippen LogP) is 3.49. The van der Waals surface area contributed by atoms with E-state index in [1.54, 1.807) is 0 Å². The molecule has 1 aromatic rings. The summed E-state index contributed by atoms with van der Waals surface area (Å²) in [6, 6.07) is 3.31. The summed E-state index contributed by atoms with van der Waals surface area (Å²) in [7, 11) is 0. The highest BCUT2D eigenvalue weighted by Gasteiger charge is 2.30. The molecule has 0 aliphatic rings. The van der Waals surface area contributed by atoms with E-state index in [0.29, 0.717) is 6.42 Å². The van der Waals surface area contributed by atoms with Gasteiger partial charge in [-0.15, -0.1) is 11.3 Å². The zero-order valence-electron chi connectivity index (χ0n) is 9.08. The SMILES string of the molecule is CCC(NC(=O)OCC(F)(F)F)c1cccs1. The molecule has 1 heterocycles. The van der Waals surface area contributed by atoms with Gasteiger partial charge < -0.3 is 10.1 Å². The maximum absolute atomic E-state index is 11.8. The van der Waals surface area contributed by atoms with E-state index in [4.69, 9.17) is 0 Å². The standard InChI is InChI=1S/C10H12F3NO2S/c1-2-7(8-4-3-5-17-8)14-9(15)16-6-10(11,12)13/h3-5,7H,2,6H2,1H3,(H,14,15). The molecule has 1 atom stereocenters. The first kappa shape index (κ1) is 13.8. The van der Waals surface area contributed by atoms with Crippen LogP contribution in [0.4, 0.5) is 18.0 Å². The first-order valence-corrected chi connectivity index (χ1v) is 5.83. The summed E-state index contributed by atoms with van der Waals surface area (Å²) in [6.45, 7) is 0.258. The molecule has 1 unspecified atom stereocenters. The van der Waals surface area contributed by atoms with Crippen molar-refractivity contribution in [1.82, 2.24) is 5.32 Å². The fourth-order valence-corrected chi connectivity index (χ4v) is 2.06. The molecule has 1 N–H and O–H groups in total. The van der Waals surface area contributed by atoms with E-state index in [-0.39, 0.29) is 6.04 Å². The van der Waals surface area contributed by atoms with E-state index >= 15 is 0 Å². The Morgan fingerprint density at radius 1 is 1.59 bits per heavy atom. The van der Waals surface area contributed by atoms with Crippen molar-refractivity contribution in [1.29, 1.82) is 0 Å². The average Bonchev–Trinajstić information content (AvgIpc) is 2.75. The van der Waals surface area contributed by atoms with Crippen molar-refractivity contribution in [2.45, 2.75) is 25.6 Å². The second-order valence-corrected chi connectivity index (χ2v) is 4.29. The number of ether oxygens (including phenoxy) is 1. The largest absolute Gasteiger partial charge is 0.440 e. The molecule has 0 aliphatic heterocycles. The highest BCUT2D eigenvalue weighted by atomic mass is 32.1. The quantitative estimate of drug-likeness (QED) is 0.906. The maximum atomic E-state index is 11.8. The van der Waals surface area contributed by atoms with Crippen LogP contribution in [0, 0.1) is 0 Å². The number of halogens is 3. The third-order valence-corrected chi connectivity index (χ3v) is 2.94. The Balaban J connectivity index is 2.44. The van der Waals surface area contributed by atoms with Crippen LogP contribution in [0.15, 0.2) is 17.5 Å². The average molecular weight is 267 g/mol. The fraction of sp³-hybridized carbons (Fsp3) is 0.500. The van der Waals surface area contributed by atoms with E-state index < -0.39 is 18.9 Å². The van der Waals surface area contributed by atoms with Gasteiger partial charge in [-0.2, -0.15) is 13.2 Å². The molecule has 0 aliphatic carbocycles. The highest BCUT2D eigenvalue weighted by molar-refractivity contribution is 7.10. The molecule has 0 bridgehead atoms. The summed E-state index contributed by atoms with van der Waals surface area (Å²) < 4.78 is 39.5. The summed E-state index contributed by atoms with van der Waals surface area (Å²) >= 11 is 1.43. The second kappa shape index (κ2) is 5.90. The van der Waals surface area contributed by atoms with Gasteiger partial charge in [0.2, 0.25) is 0 Å². The minimum Gasteiger partial charge on any atom is -0.440 e. The molecule has 1 rings (SSSR count). The molecule has 1 aromatic heterocycles. The van der Waals surface area contributed by atoms with Crippen LogP contribution in [-0.4, -0.2) is 18.9 Å². The Labute approximate surface area is 101 Å². The Morgan fingerprint density at radius 2 is 2.29 bits per heavy atom. The van der Waals surface area contributed by atoms with Gasteiger partial charge in [-0.1, -0.05) is 13.0 Å². The van der Waals surface area contributed by atoms with Crippen LogP contribution in [-0.2, 0) is 4.74 Å². The van der Waals surface area contributed by atoms with Crippen LogP contribution in [0.25, 0.3) is 0 Å². The number of carbonyl (C=O) groups excluding carboxylic acids is 1. The lowest BCUT2D eigenvalue weighted by atomic mass is 10.2. The third kappa shape index (κ3) is 5.08. The molecule has 3 nitrogen and oxygen atoms in total. The Morgan fingerprint density at radius 3 is 2.76 bits per heavy atom. The van der Waals surface area contributed by atoms with Gasteiger partial charge in [-0.05, 0) is 17.9 Å². The molecule has 0 saturated carbocycles. The number of nitrogens with one attached hydrogen (secondary N) is 1. The molecule has 0 saturated heterocycles. The predicted molar refractivity (Wildman–Crippen MR) is 57.9 cm³/mol. The van der Waals surface area contributed by atoms with E-state index in [0.717, 1.165) is 4.88 Å². The van der Waals surface area contributed by atoms with Crippen molar-refractivity contribution in [2.24, 2.45) is 0 Å². The summed E-state index contributed by atoms with van der Waals surface area (Å²) in [5.41, 5.74) is 0. The molecule has 17 heavy (non-hydrogen) atoms. The van der Waals surface area contributed by atoms with Gasteiger partial charge >= 0.3 is 12.3 Å². The van der Waals surface area contributed by atoms with Crippen LogP contribution in [0.5, 0.6) is 0 Å². The molecular formula is C10H12F3NO2S. The molecule has 96 valence electrons. The number of rotatable bonds is 4. The second-order valence-electron chi connectivity index (χ2n) is 3.31. The van der Waals surface area contributed by atoms with Crippen molar-refractivity contribution in [3.8, 4) is 0 Å². The number of amides is 1. The van der Waals surface area contributed by atoms with Crippen LogP contribution in [0.2, 0.25) is 0 Å². The van der Waals surface area contributed by atoms with Crippen molar-refractivity contribution in [3.63, 3.8) is 0 Å². The number of carbonyl (C=O) groups is 1. The van der Waals surface area contributed by atoms with Gasteiger partial charge in [0.25, 0.3) is 0 Å². The lowest BCUT2D eigenvalue weighted by molar-refractivity contribution is -0.160. The number of alkyl halides is 3. The smallest absolute Gasteiger partial charge is 0.422 e. The Kier molecular flexibility index (Phi) is 4.80. The van der Waals surface area contributed by atoms with Gasteiger partial charge in [0.1, 0.15) is 0 Å². The number of hydrogen-bond acceptors (Lipinski definition) is 3. The van der Waals surface area contributed by atoms with Gasteiger partial charge in [-0.3, -0.25) is 0 Å².